The zero-order valence-corrected chi connectivity index (χ0v) is 8.75. The van der Waals surface area contributed by atoms with E-state index in [0.29, 0.717) is 0 Å². The van der Waals surface area contributed by atoms with Crippen molar-refractivity contribution in [3.63, 3.8) is 0 Å². The van der Waals surface area contributed by atoms with Gasteiger partial charge in [0.25, 0.3) is 0 Å². The summed E-state index contributed by atoms with van der Waals surface area (Å²) in [5.74, 6) is -1.08. The van der Waals surface area contributed by atoms with Crippen LogP contribution in [0.15, 0.2) is 0 Å². The predicted molar refractivity (Wildman–Crippen MR) is 24.9 cm³/mol. The third-order valence-corrected chi connectivity index (χ3v) is 0.1000. The first-order valence-electron chi connectivity index (χ1n) is 2.04. The summed E-state index contributed by atoms with van der Waals surface area (Å²) in [6, 6.07) is 0. The monoisotopic (exact) mass is 160 g/mol. The van der Waals surface area contributed by atoms with E-state index in [9.17, 15) is 0 Å². The van der Waals surface area contributed by atoms with Crippen molar-refractivity contribution in [3.05, 3.63) is 0 Å². The molecule has 0 saturated carbocycles. The van der Waals surface area contributed by atoms with Gasteiger partial charge >= 0.3 is 51.4 Å². The standard InChI is InChI=1S/C2H4O2.C2H6O2.K/c1-2(3)4;3-1-2-4;/h1H3,(H,3,4);3-4H,1-2H2;/q;;+1/p-1. The number of carbonyl (C=O) groups is 1. The molecule has 0 fully saturated rings. The van der Waals surface area contributed by atoms with Crippen LogP contribution >= 0.6 is 0 Å². The summed E-state index contributed by atoms with van der Waals surface area (Å²) in [5.41, 5.74) is 0. The van der Waals surface area contributed by atoms with Crippen molar-refractivity contribution < 1.29 is 71.5 Å². The van der Waals surface area contributed by atoms with Crippen molar-refractivity contribution in [2.24, 2.45) is 0 Å². The molecule has 0 aromatic rings. The fourth-order valence-electron chi connectivity index (χ4n) is 0. The molecule has 0 rings (SSSR count). The Bertz CT molecular complexity index is 50.5. The first kappa shape index (κ1) is 16.5. The van der Waals surface area contributed by atoms with Crippen molar-refractivity contribution in [3.8, 4) is 0 Å². The van der Waals surface area contributed by atoms with E-state index in [-0.39, 0.29) is 64.6 Å². The van der Waals surface area contributed by atoms with Crippen molar-refractivity contribution in [1.29, 1.82) is 0 Å². The molecule has 9 heavy (non-hydrogen) atoms. The average Bonchev–Trinajstić information content (AvgIpc) is 1.65. The second-order valence-electron chi connectivity index (χ2n) is 0.939. The van der Waals surface area contributed by atoms with Gasteiger partial charge in [-0.3, -0.25) is 0 Å². The fourth-order valence-corrected chi connectivity index (χ4v) is 0. The predicted octanol–water partition coefficient (Wildman–Crippen LogP) is -5.27. The molecule has 0 aromatic carbocycles. The summed E-state index contributed by atoms with van der Waals surface area (Å²) in [6.45, 7) is 0.722. The molecular weight excluding hydrogens is 151 g/mol. The van der Waals surface area contributed by atoms with Crippen LogP contribution in [-0.4, -0.2) is 29.4 Å². The number of aliphatic hydroxyl groups is 2. The number of carboxylic acid groups (broad SMARTS) is 1. The summed E-state index contributed by atoms with van der Waals surface area (Å²) >= 11 is 0. The maximum atomic E-state index is 8.89. The smallest absolute Gasteiger partial charge is 0.550 e. The van der Waals surface area contributed by atoms with Crippen LogP contribution in [0.25, 0.3) is 0 Å². The number of hydrogen-bond acceptors (Lipinski definition) is 4. The van der Waals surface area contributed by atoms with Crippen molar-refractivity contribution in [2.45, 2.75) is 6.92 Å². The van der Waals surface area contributed by atoms with Gasteiger partial charge in [0.1, 0.15) is 0 Å². The molecule has 0 saturated heterocycles. The van der Waals surface area contributed by atoms with Gasteiger partial charge in [0, 0.05) is 5.97 Å². The minimum Gasteiger partial charge on any atom is -0.550 e. The first-order valence-corrected chi connectivity index (χ1v) is 2.04. The average molecular weight is 160 g/mol. The van der Waals surface area contributed by atoms with E-state index < -0.39 is 5.97 Å². The summed E-state index contributed by atoms with van der Waals surface area (Å²) in [6.07, 6.45) is 0. The van der Waals surface area contributed by atoms with Gasteiger partial charge in [0.15, 0.2) is 0 Å². The second-order valence-corrected chi connectivity index (χ2v) is 0.939. The third kappa shape index (κ3) is 109. The summed E-state index contributed by atoms with van der Waals surface area (Å²) in [5, 5.41) is 24.1. The Hall–Kier alpha value is 1.03. The molecule has 0 radical (unpaired) electrons. The minimum atomic E-state index is -1.08. The number of rotatable bonds is 1. The quantitative estimate of drug-likeness (QED) is 0.376. The van der Waals surface area contributed by atoms with Crippen LogP contribution in [0.3, 0.4) is 0 Å². The van der Waals surface area contributed by atoms with Crippen LogP contribution in [0.5, 0.6) is 0 Å². The molecular formula is C4H9KO4. The van der Waals surface area contributed by atoms with Crippen molar-refractivity contribution in [1.82, 2.24) is 0 Å². The molecule has 0 aliphatic heterocycles. The topological polar surface area (TPSA) is 80.6 Å². The second kappa shape index (κ2) is 16.0. The molecule has 0 heterocycles. The van der Waals surface area contributed by atoms with Gasteiger partial charge in [-0.2, -0.15) is 0 Å². The summed E-state index contributed by atoms with van der Waals surface area (Å²) in [4.78, 5) is 8.89. The van der Waals surface area contributed by atoms with E-state index in [0.717, 1.165) is 6.92 Å². The van der Waals surface area contributed by atoms with Gasteiger partial charge in [-0.1, -0.05) is 0 Å². The summed E-state index contributed by atoms with van der Waals surface area (Å²) < 4.78 is 0. The van der Waals surface area contributed by atoms with Gasteiger partial charge in [-0.15, -0.1) is 0 Å². The summed E-state index contributed by atoms with van der Waals surface area (Å²) in [7, 11) is 0. The van der Waals surface area contributed by atoms with Crippen LogP contribution in [0.4, 0.5) is 0 Å². The molecule has 0 unspecified atom stereocenters. The van der Waals surface area contributed by atoms with Gasteiger partial charge < -0.3 is 20.1 Å². The fraction of sp³-hybridized carbons (Fsp3) is 0.750. The minimum absolute atomic E-state index is 0. The number of carbonyl (C=O) groups excluding carboxylic acids is 1. The molecule has 0 bridgehead atoms. The van der Waals surface area contributed by atoms with Gasteiger partial charge in [0.05, 0.1) is 13.2 Å². The Balaban J connectivity index is -0.0000000720. The van der Waals surface area contributed by atoms with Crippen LogP contribution < -0.4 is 56.5 Å². The van der Waals surface area contributed by atoms with E-state index in [1.54, 1.807) is 0 Å². The van der Waals surface area contributed by atoms with Crippen LogP contribution in [0.1, 0.15) is 6.92 Å². The largest absolute Gasteiger partial charge is 1.00 e. The van der Waals surface area contributed by atoms with E-state index in [1.165, 1.54) is 0 Å². The van der Waals surface area contributed by atoms with Crippen LogP contribution in [-0.2, 0) is 4.79 Å². The number of aliphatic carboxylic acids is 1. The molecule has 0 aliphatic rings. The molecule has 5 heteroatoms. The Labute approximate surface area is 96.3 Å². The maximum absolute atomic E-state index is 8.89. The van der Waals surface area contributed by atoms with Gasteiger partial charge in [-0.05, 0) is 6.92 Å². The molecule has 0 aliphatic carbocycles. The molecule has 0 spiro atoms. The maximum Gasteiger partial charge on any atom is 1.00 e. The first-order chi connectivity index (χ1) is 3.65. The Morgan fingerprint density at radius 2 is 1.56 bits per heavy atom. The third-order valence-electron chi connectivity index (χ3n) is 0.1000. The Morgan fingerprint density at radius 3 is 1.56 bits per heavy atom. The normalized spacial score (nSPS) is 6.11. The molecule has 0 amide bonds. The van der Waals surface area contributed by atoms with Crippen LogP contribution in [0.2, 0.25) is 0 Å². The van der Waals surface area contributed by atoms with Crippen molar-refractivity contribution in [2.75, 3.05) is 13.2 Å². The zero-order valence-electron chi connectivity index (χ0n) is 5.63. The molecule has 0 atom stereocenters. The molecule has 0 aromatic heterocycles. The molecule has 50 valence electrons. The number of carboxylic acids is 1. The number of aliphatic hydroxyl groups excluding tert-OH is 2. The zero-order chi connectivity index (χ0) is 6.99. The molecule has 2 N–H and O–H groups in total. The Morgan fingerprint density at radius 1 is 1.44 bits per heavy atom. The van der Waals surface area contributed by atoms with Crippen molar-refractivity contribution >= 4 is 5.97 Å². The van der Waals surface area contributed by atoms with Crippen LogP contribution in [0, 0.1) is 0 Å². The number of hydrogen-bond donors (Lipinski definition) is 2. The van der Waals surface area contributed by atoms with Gasteiger partial charge in [0.2, 0.25) is 0 Å². The SMILES string of the molecule is CC(=O)[O-].OCCO.[K+]. The molecule has 4 nitrogen and oxygen atoms in total. The Kier molecular flexibility index (Phi) is 29.4. The van der Waals surface area contributed by atoms with E-state index in [2.05, 4.69) is 0 Å². The van der Waals surface area contributed by atoms with E-state index in [1.807, 2.05) is 0 Å². The van der Waals surface area contributed by atoms with Gasteiger partial charge in [-0.25, -0.2) is 0 Å². The van der Waals surface area contributed by atoms with E-state index in [4.69, 9.17) is 20.1 Å². The van der Waals surface area contributed by atoms with E-state index >= 15 is 0 Å².